The Kier molecular flexibility index (Phi) is 5.44. The van der Waals surface area contributed by atoms with Gasteiger partial charge in [0.05, 0.1) is 6.07 Å². The summed E-state index contributed by atoms with van der Waals surface area (Å²) in [7, 11) is 2.15. The highest BCUT2D eigenvalue weighted by molar-refractivity contribution is 7.99. The Hall–Kier alpha value is -1.55. The summed E-state index contributed by atoms with van der Waals surface area (Å²) in [4.78, 5) is 17.3. The van der Waals surface area contributed by atoms with Crippen molar-refractivity contribution < 1.29 is 4.79 Å². The summed E-state index contributed by atoms with van der Waals surface area (Å²) in [6.45, 7) is 5.16. The van der Waals surface area contributed by atoms with Crippen LogP contribution in [0.1, 0.15) is 22.3 Å². The Morgan fingerprint density at radius 2 is 2.17 bits per heavy atom. The topological polar surface area (TPSA) is 59.4 Å². The molecule has 2 aliphatic rings. The molecule has 3 rings (SSSR count). The zero-order chi connectivity index (χ0) is 17.0. The third kappa shape index (κ3) is 4.10. The van der Waals surface area contributed by atoms with Gasteiger partial charge < -0.3 is 10.2 Å². The van der Waals surface area contributed by atoms with Gasteiger partial charge >= 0.3 is 0 Å². The lowest BCUT2D eigenvalue weighted by molar-refractivity contribution is 0.0926. The molecule has 5 nitrogen and oxygen atoms in total. The highest BCUT2D eigenvalue weighted by atomic mass is 32.2. The van der Waals surface area contributed by atoms with Crippen molar-refractivity contribution in [2.24, 2.45) is 0 Å². The third-order valence-corrected chi connectivity index (χ3v) is 5.97. The molecule has 0 aromatic heterocycles. The normalized spacial score (nSPS) is 25.3. The monoisotopic (exact) mass is 344 g/mol. The molecule has 2 aliphatic heterocycles. The first-order chi connectivity index (χ1) is 11.6. The lowest BCUT2D eigenvalue weighted by Crippen LogP contribution is -2.47. The van der Waals surface area contributed by atoms with Crippen molar-refractivity contribution in [2.45, 2.75) is 18.5 Å². The van der Waals surface area contributed by atoms with E-state index in [1.54, 1.807) is 11.8 Å². The highest BCUT2D eigenvalue weighted by Gasteiger charge is 2.36. The van der Waals surface area contributed by atoms with E-state index >= 15 is 0 Å². The quantitative estimate of drug-likeness (QED) is 0.898. The van der Waals surface area contributed by atoms with E-state index < -0.39 is 5.54 Å². The second kappa shape index (κ2) is 7.56. The molecule has 128 valence electrons. The fourth-order valence-electron chi connectivity index (χ4n) is 3.14. The van der Waals surface area contributed by atoms with Crippen molar-refractivity contribution in [1.29, 1.82) is 5.26 Å². The van der Waals surface area contributed by atoms with Gasteiger partial charge in [-0.15, -0.1) is 0 Å². The maximum Gasteiger partial charge on any atom is 0.252 e. The summed E-state index contributed by atoms with van der Waals surface area (Å²) in [5.41, 5.74) is 1.10. The zero-order valence-corrected chi connectivity index (χ0v) is 14.9. The van der Waals surface area contributed by atoms with Gasteiger partial charge in [-0.2, -0.15) is 17.0 Å². The number of nitrogens with one attached hydrogen (secondary N) is 1. The van der Waals surface area contributed by atoms with Crippen molar-refractivity contribution in [3.05, 3.63) is 35.4 Å². The molecule has 0 unspecified atom stereocenters. The molecule has 0 radical (unpaired) electrons. The van der Waals surface area contributed by atoms with E-state index in [0.29, 0.717) is 11.3 Å². The molecule has 0 bridgehead atoms. The molecule has 1 atom stereocenters. The van der Waals surface area contributed by atoms with E-state index in [4.69, 9.17) is 0 Å². The van der Waals surface area contributed by atoms with Crippen LogP contribution in [0, 0.1) is 11.3 Å². The fourth-order valence-corrected chi connectivity index (χ4v) is 4.41. The number of nitrogens with zero attached hydrogens (tertiary/aromatic N) is 3. The van der Waals surface area contributed by atoms with E-state index in [-0.39, 0.29) is 5.91 Å². The van der Waals surface area contributed by atoms with Crippen molar-refractivity contribution in [2.75, 3.05) is 44.7 Å². The van der Waals surface area contributed by atoms with Gasteiger partial charge in [0.1, 0.15) is 5.54 Å². The number of piperazine rings is 1. The van der Waals surface area contributed by atoms with E-state index in [2.05, 4.69) is 34.3 Å². The van der Waals surface area contributed by atoms with Crippen molar-refractivity contribution >= 4 is 17.7 Å². The van der Waals surface area contributed by atoms with Gasteiger partial charge in [0.2, 0.25) is 0 Å². The van der Waals surface area contributed by atoms with Crippen LogP contribution in [0.25, 0.3) is 0 Å². The molecular weight excluding hydrogens is 320 g/mol. The maximum atomic E-state index is 12.6. The molecule has 2 saturated heterocycles. The lowest BCUT2D eigenvalue weighted by Gasteiger charge is -2.32. The van der Waals surface area contributed by atoms with Gasteiger partial charge in [0.15, 0.2) is 0 Å². The van der Waals surface area contributed by atoms with E-state index in [9.17, 15) is 10.1 Å². The molecule has 0 spiro atoms. The van der Waals surface area contributed by atoms with Crippen LogP contribution in [0.2, 0.25) is 0 Å². The number of thioether (sulfide) groups is 1. The number of hydrogen-bond donors (Lipinski definition) is 1. The van der Waals surface area contributed by atoms with Gasteiger partial charge in [-0.25, -0.2) is 0 Å². The highest BCUT2D eigenvalue weighted by Crippen LogP contribution is 2.27. The SMILES string of the molecule is CN1CCN(Cc2cccc(C(=O)N[C@@]3(C#N)CCSC3)c2)CC1. The second-order valence-electron chi connectivity index (χ2n) is 6.73. The number of carbonyl (C=O) groups excluding carboxylic acids is 1. The lowest BCUT2D eigenvalue weighted by atomic mass is 10.00. The minimum atomic E-state index is -0.699. The van der Waals surface area contributed by atoms with Gasteiger partial charge in [-0.3, -0.25) is 9.69 Å². The smallest absolute Gasteiger partial charge is 0.252 e. The molecule has 1 aromatic rings. The molecule has 1 amide bonds. The van der Waals surface area contributed by atoms with Gasteiger partial charge in [0.25, 0.3) is 5.91 Å². The molecule has 6 heteroatoms. The number of nitriles is 1. The molecule has 1 N–H and O–H groups in total. The Balaban J connectivity index is 1.64. The predicted octanol–water partition coefficient (Wildman–Crippen LogP) is 1.56. The average molecular weight is 344 g/mol. The summed E-state index contributed by atoms with van der Waals surface area (Å²) in [5, 5.41) is 12.4. The van der Waals surface area contributed by atoms with E-state index in [1.165, 1.54) is 0 Å². The number of carbonyl (C=O) groups is 1. The number of likely N-dealkylation sites (N-methyl/N-ethyl adjacent to an activating group) is 1. The van der Waals surface area contributed by atoms with Crippen LogP contribution in [-0.4, -0.2) is 66.0 Å². The van der Waals surface area contributed by atoms with Crippen LogP contribution in [0.4, 0.5) is 0 Å². The summed E-state index contributed by atoms with van der Waals surface area (Å²) in [5.74, 6) is 1.47. The fraction of sp³-hybridized carbons (Fsp3) is 0.556. The Bertz CT molecular complexity index is 628. The molecular formula is C18H24N4OS. The van der Waals surface area contributed by atoms with Crippen LogP contribution in [0.15, 0.2) is 24.3 Å². The van der Waals surface area contributed by atoms with Crippen LogP contribution in [0.5, 0.6) is 0 Å². The Morgan fingerprint density at radius 1 is 1.38 bits per heavy atom. The summed E-state index contributed by atoms with van der Waals surface area (Å²) in [6.07, 6.45) is 0.723. The zero-order valence-electron chi connectivity index (χ0n) is 14.1. The molecule has 2 fully saturated rings. The second-order valence-corrected chi connectivity index (χ2v) is 7.84. The van der Waals surface area contributed by atoms with Crippen LogP contribution in [0.3, 0.4) is 0 Å². The minimum absolute atomic E-state index is 0.140. The van der Waals surface area contributed by atoms with Crippen LogP contribution >= 0.6 is 11.8 Å². The Labute approximate surface area is 148 Å². The molecule has 24 heavy (non-hydrogen) atoms. The Morgan fingerprint density at radius 3 is 2.83 bits per heavy atom. The number of benzene rings is 1. The predicted molar refractivity (Wildman–Crippen MR) is 97.0 cm³/mol. The van der Waals surface area contributed by atoms with E-state index in [1.807, 2.05) is 18.2 Å². The summed E-state index contributed by atoms with van der Waals surface area (Å²) < 4.78 is 0. The number of hydrogen-bond acceptors (Lipinski definition) is 5. The molecule has 0 saturated carbocycles. The van der Waals surface area contributed by atoms with Crippen LogP contribution < -0.4 is 5.32 Å². The van der Waals surface area contributed by atoms with Crippen molar-refractivity contribution in [1.82, 2.24) is 15.1 Å². The van der Waals surface area contributed by atoms with Crippen LogP contribution in [-0.2, 0) is 6.54 Å². The average Bonchev–Trinajstić information content (AvgIpc) is 3.06. The van der Waals surface area contributed by atoms with Gasteiger partial charge in [-0.1, -0.05) is 12.1 Å². The minimum Gasteiger partial charge on any atom is -0.333 e. The van der Waals surface area contributed by atoms with Crippen molar-refractivity contribution in [3.63, 3.8) is 0 Å². The van der Waals surface area contributed by atoms with Gasteiger partial charge in [-0.05, 0) is 36.9 Å². The van der Waals surface area contributed by atoms with Crippen molar-refractivity contribution in [3.8, 4) is 6.07 Å². The summed E-state index contributed by atoms with van der Waals surface area (Å²) >= 11 is 1.72. The summed E-state index contributed by atoms with van der Waals surface area (Å²) in [6, 6.07) is 10.1. The molecule has 0 aliphatic carbocycles. The molecule has 2 heterocycles. The van der Waals surface area contributed by atoms with E-state index in [0.717, 1.165) is 50.5 Å². The van der Waals surface area contributed by atoms with Gasteiger partial charge in [0, 0.05) is 44.0 Å². The maximum absolute atomic E-state index is 12.6. The first-order valence-corrected chi connectivity index (χ1v) is 9.57. The standard InChI is InChI=1S/C18H24N4OS/c1-21-6-8-22(9-7-21)12-15-3-2-4-16(11-15)17(23)20-18(13-19)5-10-24-14-18/h2-4,11H,5-10,12,14H2,1H3,(H,20,23)/t18-/m1/s1. The first kappa shape index (κ1) is 17.3. The first-order valence-electron chi connectivity index (χ1n) is 8.42. The number of rotatable bonds is 4. The molecule has 1 aromatic carbocycles. The number of amides is 1. The third-order valence-electron chi connectivity index (χ3n) is 4.78. The largest absolute Gasteiger partial charge is 0.333 e.